The number of halogens is 2. The van der Waals surface area contributed by atoms with Crippen LogP contribution in [0.15, 0.2) is 19.6 Å². The summed E-state index contributed by atoms with van der Waals surface area (Å²) < 4.78 is 17.7. The number of nitrogens with one attached hydrogen (secondary N) is 1. The van der Waals surface area contributed by atoms with E-state index in [2.05, 4.69) is 37.2 Å². The summed E-state index contributed by atoms with van der Waals surface area (Å²) in [5.74, 6) is 1.52. The van der Waals surface area contributed by atoms with Crippen molar-refractivity contribution >= 4 is 42.7 Å². The highest BCUT2D eigenvalue weighted by Gasteiger charge is 2.04. The first kappa shape index (κ1) is 12.4. The second-order valence-electron chi connectivity index (χ2n) is 2.79. The number of rotatable bonds is 5. The van der Waals surface area contributed by atoms with Crippen molar-refractivity contribution in [1.29, 1.82) is 0 Å². The first-order valence-electron chi connectivity index (χ1n) is 4.04. The lowest BCUT2D eigenvalue weighted by molar-refractivity contribution is 0.468. The van der Waals surface area contributed by atoms with Crippen molar-refractivity contribution in [1.82, 2.24) is 5.32 Å². The summed E-state index contributed by atoms with van der Waals surface area (Å²) in [6, 6.07) is 1.90. The van der Waals surface area contributed by atoms with E-state index < -0.39 is 10.8 Å². The summed E-state index contributed by atoms with van der Waals surface area (Å²) in [6.07, 6.45) is 1.70. The van der Waals surface area contributed by atoms with Crippen molar-refractivity contribution in [2.45, 2.75) is 6.54 Å². The molecule has 0 amide bonds. The lowest BCUT2D eigenvalue weighted by Crippen LogP contribution is -2.19. The highest BCUT2D eigenvalue weighted by Crippen LogP contribution is 2.26. The van der Waals surface area contributed by atoms with Crippen molar-refractivity contribution in [3.05, 3.63) is 21.0 Å². The molecule has 0 fully saturated rings. The predicted molar refractivity (Wildman–Crippen MR) is 64.7 cm³/mol. The number of hydrogen-bond acceptors (Lipinski definition) is 3. The van der Waals surface area contributed by atoms with Crippen LogP contribution in [0.2, 0.25) is 0 Å². The standard InChI is InChI=1S/C8H11Br2NO2S/c1-14(12)3-2-11-5-6-4-7(9)8(10)13-6/h4,11H,2-3,5H2,1H3. The van der Waals surface area contributed by atoms with Crippen LogP contribution in [-0.4, -0.2) is 22.8 Å². The third-order valence-electron chi connectivity index (χ3n) is 1.56. The van der Waals surface area contributed by atoms with Crippen molar-refractivity contribution < 1.29 is 8.63 Å². The topological polar surface area (TPSA) is 42.2 Å². The summed E-state index contributed by atoms with van der Waals surface area (Å²) in [5.41, 5.74) is 0. The summed E-state index contributed by atoms with van der Waals surface area (Å²) >= 11 is 6.59. The van der Waals surface area contributed by atoms with Gasteiger partial charge in [-0.05, 0) is 37.9 Å². The minimum atomic E-state index is -0.734. The monoisotopic (exact) mass is 343 g/mol. The molecule has 14 heavy (non-hydrogen) atoms. The summed E-state index contributed by atoms with van der Waals surface area (Å²) in [4.78, 5) is 0. The van der Waals surface area contributed by atoms with E-state index in [1.807, 2.05) is 6.07 Å². The molecule has 1 N–H and O–H groups in total. The van der Waals surface area contributed by atoms with Gasteiger partial charge in [-0.2, -0.15) is 0 Å². The van der Waals surface area contributed by atoms with Crippen LogP contribution in [0.4, 0.5) is 0 Å². The molecule has 0 aromatic carbocycles. The summed E-state index contributed by atoms with van der Waals surface area (Å²) in [6.45, 7) is 1.39. The molecule has 1 unspecified atom stereocenters. The molecule has 0 radical (unpaired) electrons. The molecule has 3 nitrogen and oxygen atoms in total. The average molecular weight is 345 g/mol. The highest BCUT2D eigenvalue weighted by molar-refractivity contribution is 9.13. The second-order valence-corrected chi connectivity index (χ2v) is 5.92. The van der Waals surface area contributed by atoms with Gasteiger partial charge in [-0.25, -0.2) is 0 Å². The van der Waals surface area contributed by atoms with Crippen LogP contribution < -0.4 is 5.32 Å². The largest absolute Gasteiger partial charge is 0.452 e. The Labute approximate surface area is 102 Å². The Morgan fingerprint density at radius 1 is 1.57 bits per heavy atom. The predicted octanol–water partition coefficient (Wildman–Crippen LogP) is 2.27. The zero-order valence-electron chi connectivity index (χ0n) is 7.68. The van der Waals surface area contributed by atoms with E-state index in [0.717, 1.165) is 16.8 Å². The maximum atomic E-state index is 10.7. The van der Waals surface area contributed by atoms with E-state index in [1.54, 1.807) is 6.26 Å². The van der Waals surface area contributed by atoms with E-state index in [0.29, 0.717) is 17.0 Å². The molecule has 1 rings (SSSR count). The molecule has 1 aromatic heterocycles. The fraction of sp³-hybridized carbons (Fsp3) is 0.500. The molecule has 1 aromatic rings. The van der Waals surface area contributed by atoms with Gasteiger partial charge in [0.05, 0.1) is 11.0 Å². The molecule has 0 aliphatic heterocycles. The Morgan fingerprint density at radius 3 is 2.79 bits per heavy atom. The van der Waals surface area contributed by atoms with Crippen LogP contribution in [0.5, 0.6) is 0 Å². The van der Waals surface area contributed by atoms with Crippen LogP contribution in [0, 0.1) is 0 Å². The number of furan rings is 1. The molecule has 80 valence electrons. The zero-order chi connectivity index (χ0) is 10.6. The second kappa shape index (κ2) is 6.05. The maximum Gasteiger partial charge on any atom is 0.183 e. The van der Waals surface area contributed by atoms with Crippen LogP contribution in [-0.2, 0) is 17.3 Å². The first-order chi connectivity index (χ1) is 6.59. The van der Waals surface area contributed by atoms with Gasteiger partial charge in [0.25, 0.3) is 0 Å². The first-order valence-corrected chi connectivity index (χ1v) is 7.35. The third-order valence-corrected chi connectivity index (χ3v) is 4.05. The van der Waals surface area contributed by atoms with Gasteiger partial charge in [0.1, 0.15) is 5.76 Å². The Balaban J connectivity index is 2.28. The molecule has 0 bridgehead atoms. The fourth-order valence-electron chi connectivity index (χ4n) is 0.906. The van der Waals surface area contributed by atoms with Crippen molar-refractivity contribution in [3.8, 4) is 0 Å². The molecule has 0 saturated heterocycles. The van der Waals surface area contributed by atoms with Gasteiger partial charge in [0.2, 0.25) is 0 Å². The van der Waals surface area contributed by atoms with Crippen molar-refractivity contribution in [2.24, 2.45) is 0 Å². The Morgan fingerprint density at radius 2 is 2.29 bits per heavy atom. The molecule has 6 heteroatoms. The van der Waals surface area contributed by atoms with Gasteiger partial charge in [-0.1, -0.05) is 0 Å². The molecular formula is C8H11Br2NO2S. The Bertz CT molecular complexity index is 308. The van der Waals surface area contributed by atoms with Gasteiger partial charge >= 0.3 is 0 Å². The van der Waals surface area contributed by atoms with E-state index in [1.165, 1.54) is 0 Å². The van der Waals surface area contributed by atoms with Gasteiger partial charge in [-0.3, -0.25) is 4.21 Å². The van der Waals surface area contributed by atoms with Gasteiger partial charge < -0.3 is 9.73 Å². The van der Waals surface area contributed by atoms with E-state index in [4.69, 9.17) is 4.42 Å². The van der Waals surface area contributed by atoms with E-state index in [-0.39, 0.29) is 0 Å². The molecule has 0 aliphatic carbocycles. The SMILES string of the molecule is CS(=O)CCNCc1cc(Br)c(Br)o1. The average Bonchev–Trinajstić information content (AvgIpc) is 2.40. The maximum absolute atomic E-state index is 10.7. The lowest BCUT2D eigenvalue weighted by atomic mass is 10.4. The molecule has 0 spiro atoms. The minimum Gasteiger partial charge on any atom is -0.452 e. The molecule has 1 heterocycles. The summed E-state index contributed by atoms with van der Waals surface area (Å²) in [5, 5.41) is 3.15. The Kier molecular flexibility index (Phi) is 5.36. The third kappa shape index (κ3) is 4.25. The van der Waals surface area contributed by atoms with E-state index in [9.17, 15) is 4.21 Å². The Hall–Kier alpha value is 0.350. The molecule has 0 saturated carbocycles. The van der Waals surface area contributed by atoms with Crippen LogP contribution in [0.1, 0.15) is 5.76 Å². The fourth-order valence-corrected chi connectivity index (χ4v) is 2.00. The van der Waals surface area contributed by atoms with Crippen LogP contribution in [0.25, 0.3) is 0 Å². The lowest BCUT2D eigenvalue weighted by Gasteiger charge is -1.99. The highest BCUT2D eigenvalue weighted by atomic mass is 79.9. The van der Waals surface area contributed by atoms with Crippen LogP contribution >= 0.6 is 31.9 Å². The van der Waals surface area contributed by atoms with Gasteiger partial charge in [0, 0.05) is 29.4 Å². The smallest absolute Gasteiger partial charge is 0.183 e. The summed E-state index contributed by atoms with van der Waals surface area (Å²) in [7, 11) is -0.734. The van der Waals surface area contributed by atoms with Gasteiger partial charge in [-0.15, -0.1) is 0 Å². The molecule has 1 atom stereocenters. The quantitative estimate of drug-likeness (QED) is 0.833. The van der Waals surface area contributed by atoms with Crippen molar-refractivity contribution in [2.75, 3.05) is 18.6 Å². The van der Waals surface area contributed by atoms with Gasteiger partial charge in [0.15, 0.2) is 4.67 Å². The number of hydrogen-bond donors (Lipinski definition) is 1. The van der Waals surface area contributed by atoms with E-state index >= 15 is 0 Å². The molecular weight excluding hydrogens is 334 g/mol. The minimum absolute atomic E-state index is 0.654. The normalized spacial score (nSPS) is 13.1. The zero-order valence-corrected chi connectivity index (χ0v) is 11.7. The molecule has 0 aliphatic rings. The van der Waals surface area contributed by atoms with Crippen molar-refractivity contribution in [3.63, 3.8) is 0 Å². The van der Waals surface area contributed by atoms with Crippen LogP contribution in [0.3, 0.4) is 0 Å².